The van der Waals surface area contributed by atoms with Crippen LogP contribution in [0.15, 0.2) is 25.6 Å². The number of nitrogens with zero attached hydrogens (tertiary/aromatic N) is 3. The Hall–Kier alpha value is -1.45. The molecule has 0 aliphatic heterocycles. The van der Waals surface area contributed by atoms with Gasteiger partial charge in [0.2, 0.25) is 0 Å². The third-order valence-electron chi connectivity index (χ3n) is 2.78. The monoisotopic (exact) mass is 373 g/mol. The van der Waals surface area contributed by atoms with E-state index >= 15 is 0 Å². The summed E-state index contributed by atoms with van der Waals surface area (Å²) in [6, 6.07) is 0. The molecule has 0 spiro atoms. The Labute approximate surface area is 133 Å². The number of thiazole rings is 1. The minimum absolute atomic E-state index is 0.0944. The number of aromatic nitrogens is 3. The topological polar surface area (TPSA) is 83.0 Å². The number of aromatic amines is 1. The van der Waals surface area contributed by atoms with E-state index in [-0.39, 0.29) is 10.4 Å². The lowest BCUT2D eigenvalue weighted by Crippen LogP contribution is -2.29. The summed E-state index contributed by atoms with van der Waals surface area (Å²) >= 11 is 4.41. The summed E-state index contributed by atoms with van der Waals surface area (Å²) in [6.45, 7) is 1.70. The molecule has 0 aromatic carbocycles. The van der Waals surface area contributed by atoms with E-state index in [1.165, 1.54) is 4.68 Å². The maximum absolute atomic E-state index is 12.2. The summed E-state index contributed by atoms with van der Waals surface area (Å²) in [5.41, 5.74) is 1.20. The summed E-state index contributed by atoms with van der Waals surface area (Å²) in [6.07, 6.45) is 1.60. The molecule has 0 saturated heterocycles. The van der Waals surface area contributed by atoms with E-state index in [1.807, 2.05) is 19.0 Å². The van der Waals surface area contributed by atoms with Crippen molar-refractivity contribution in [1.29, 1.82) is 0 Å². The number of rotatable bonds is 6. The molecule has 0 aliphatic carbocycles. The second kappa shape index (κ2) is 7.01. The van der Waals surface area contributed by atoms with Crippen LogP contribution in [-0.2, 0) is 13.1 Å². The third-order valence-corrected chi connectivity index (χ3v) is 4.27. The molecule has 0 bridgehead atoms. The molecule has 7 nitrogen and oxygen atoms in total. The predicted molar refractivity (Wildman–Crippen MR) is 87.0 cm³/mol. The Morgan fingerprint density at radius 3 is 2.86 bits per heavy atom. The molecule has 2 heterocycles. The number of likely N-dealkylation sites (N-methyl/N-ethyl adjacent to an activating group) is 1. The van der Waals surface area contributed by atoms with Gasteiger partial charge in [-0.2, -0.15) is 5.10 Å². The van der Waals surface area contributed by atoms with Gasteiger partial charge in [-0.1, -0.05) is 11.3 Å². The van der Waals surface area contributed by atoms with E-state index in [0.29, 0.717) is 23.2 Å². The van der Waals surface area contributed by atoms with Crippen LogP contribution >= 0.6 is 27.3 Å². The number of halogens is 1. The van der Waals surface area contributed by atoms with Gasteiger partial charge in [-0.25, -0.2) is 4.68 Å². The molecule has 0 radical (unpaired) electrons. The first-order chi connectivity index (χ1) is 9.97. The van der Waals surface area contributed by atoms with Crippen LogP contribution in [0.4, 0.5) is 5.69 Å². The fourth-order valence-electron chi connectivity index (χ4n) is 1.63. The molecule has 0 amide bonds. The van der Waals surface area contributed by atoms with Crippen LogP contribution < -0.4 is 15.7 Å². The van der Waals surface area contributed by atoms with Gasteiger partial charge in [0, 0.05) is 17.6 Å². The molecule has 2 N–H and O–H groups in total. The quantitative estimate of drug-likeness (QED) is 0.786. The van der Waals surface area contributed by atoms with Crippen LogP contribution in [-0.4, -0.2) is 40.3 Å². The van der Waals surface area contributed by atoms with Crippen LogP contribution in [0, 0.1) is 0 Å². The Bertz CT molecular complexity index is 721. The largest absolute Gasteiger partial charge is 0.377 e. The van der Waals surface area contributed by atoms with Gasteiger partial charge in [-0.05, 0) is 30.0 Å². The van der Waals surface area contributed by atoms with Crippen LogP contribution in [0.2, 0.25) is 0 Å². The number of anilines is 1. The highest BCUT2D eigenvalue weighted by molar-refractivity contribution is 9.10. The van der Waals surface area contributed by atoms with Gasteiger partial charge >= 0.3 is 4.87 Å². The number of hydrogen-bond acceptors (Lipinski definition) is 6. The third kappa shape index (κ3) is 4.26. The van der Waals surface area contributed by atoms with E-state index in [0.717, 1.165) is 23.6 Å². The molecule has 0 unspecified atom stereocenters. The lowest BCUT2D eigenvalue weighted by atomic mass is 10.4. The summed E-state index contributed by atoms with van der Waals surface area (Å²) in [4.78, 5) is 27.8. The molecule has 0 fully saturated rings. The van der Waals surface area contributed by atoms with Gasteiger partial charge in [-0.15, -0.1) is 0 Å². The van der Waals surface area contributed by atoms with Crippen molar-refractivity contribution in [1.82, 2.24) is 19.7 Å². The molecule has 21 heavy (non-hydrogen) atoms. The van der Waals surface area contributed by atoms with E-state index < -0.39 is 0 Å². The summed E-state index contributed by atoms with van der Waals surface area (Å²) in [5, 5.41) is 8.97. The second-order valence-electron chi connectivity index (χ2n) is 4.73. The summed E-state index contributed by atoms with van der Waals surface area (Å²) < 4.78 is 1.86. The van der Waals surface area contributed by atoms with E-state index in [1.54, 1.807) is 11.6 Å². The zero-order chi connectivity index (χ0) is 15.4. The molecular weight excluding hydrogens is 358 g/mol. The van der Waals surface area contributed by atoms with Crippen LogP contribution in [0.5, 0.6) is 0 Å². The first kappa shape index (κ1) is 15.9. The molecule has 2 rings (SSSR count). The van der Waals surface area contributed by atoms with Crippen molar-refractivity contribution in [3.05, 3.63) is 41.8 Å². The summed E-state index contributed by atoms with van der Waals surface area (Å²) in [5.74, 6) is 0. The number of nitrogens with one attached hydrogen (secondary N) is 2. The van der Waals surface area contributed by atoms with Crippen molar-refractivity contribution in [2.45, 2.75) is 13.1 Å². The molecule has 114 valence electrons. The van der Waals surface area contributed by atoms with Crippen molar-refractivity contribution in [3.8, 4) is 0 Å². The second-order valence-corrected chi connectivity index (χ2v) is 6.37. The highest BCUT2D eigenvalue weighted by Gasteiger charge is 2.09. The van der Waals surface area contributed by atoms with Crippen LogP contribution in [0.25, 0.3) is 0 Å². The fourth-order valence-corrected chi connectivity index (χ4v) is 2.66. The fraction of sp³-hybridized carbons (Fsp3) is 0.417. The maximum Gasteiger partial charge on any atom is 0.304 e. The van der Waals surface area contributed by atoms with Crippen molar-refractivity contribution in [2.24, 2.45) is 0 Å². The van der Waals surface area contributed by atoms with Crippen molar-refractivity contribution in [3.63, 3.8) is 0 Å². The zero-order valence-corrected chi connectivity index (χ0v) is 14.1. The van der Waals surface area contributed by atoms with E-state index in [9.17, 15) is 9.59 Å². The normalized spacial score (nSPS) is 11.0. The number of hydrogen-bond donors (Lipinski definition) is 2. The number of H-pyrrole nitrogens is 1. The van der Waals surface area contributed by atoms with Crippen LogP contribution in [0.3, 0.4) is 0 Å². The maximum atomic E-state index is 12.2. The minimum Gasteiger partial charge on any atom is -0.377 e. The lowest BCUT2D eigenvalue weighted by molar-refractivity contribution is 0.367. The van der Waals surface area contributed by atoms with Gasteiger partial charge < -0.3 is 15.2 Å². The molecular formula is C12H16BrN5O2S. The predicted octanol–water partition coefficient (Wildman–Crippen LogP) is 0.929. The molecule has 2 aromatic rings. The first-order valence-corrected chi connectivity index (χ1v) is 7.95. The van der Waals surface area contributed by atoms with Gasteiger partial charge in [0.15, 0.2) is 0 Å². The highest BCUT2D eigenvalue weighted by Crippen LogP contribution is 2.16. The highest BCUT2D eigenvalue weighted by atomic mass is 79.9. The van der Waals surface area contributed by atoms with Crippen molar-refractivity contribution < 1.29 is 0 Å². The van der Waals surface area contributed by atoms with E-state index in [2.05, 4.69) is 31.3 Å². The van der Waals surface area contributed by atoms with Gasteiger partial charge in [0.25, 0.3) is 5.56 Å². The van der Waals surface area contributed by atoms with E-state index in [4.69, 9.17) is 0 Å². The van der Waals surface area contributed by atoms with Crippen molar-refractivity contribution in [2.75, 3.05) is 26.0 Å². The average molecular weight is 374 g/mol. The zero-order valence-electron chi connectivity index (χ0n) is 11.7. The van der Waals surface area contributed by atoms with Gasteiger partial charge in [0.05, 0.1) is 25.0 Å². The van der Waals surface area contributed by atoms with Crippen molar-refractivity contribution >= 4 is 33.0 Å². The Balaban J connectivity index is 2.09. The molecule has 0 atom stereocenters. The Kier molecular flexibility index (Phi) is 5.32. The van der Waals surface area contributed by atoms with Crippen LogP contribution in [0.1, 0.15) is 5.69 Å². The first-order valence-electron chi connectivity index (χ1n) is 6.28. The smallest absolute Gasteiger partial charge is 0.304 e. The SMILES string of the molecule is CN(C)CCn1ncc(NCc2csc(=O)[nH]2)c(Br)c1=O. The van der Waals surface area contributed by atoms with Gasteiger partial charge in [-0.3, -0.25) is 9.59 Å². The van der Waals surface area contributed by atoms with Gasteiger partial charge in [0.1, 0.15) is 4.47 Å². The summed E-state index contributed by atoms with van der Waals surface area (Å²) in [7, 11) is 3.88. The molecule has 0 saturated carbocycles. The molecule has 2 aromatic heterocycles. The Morgan fingerprint density at radius 1 is 1.48 bits per heavy atom. The molecule has 0 aliphatic rings. The Morgan fingerprint density at radius 2 is 2.24 bits per heavy atom. The molecule has 9 heteroatoms. The average Bonchev–Trinajstić information content (AvgIpc) is 2.85. The standard InChI is InChI=1S/C12H16BrN5O2S/c1-17(2)3-4-18-11(19)10(13)9(6-15-18)14-5-8-7-21-12(20)16-8/h6-7,14H,3-5H2,1-2H3,(H,16,20). The minimum atomic E-state index is -0.180. The lowest BCUT2D eigenvalue weighted by Gasteiger charge is -2.12.